The number of aromatic nitrogens is 4. The number of likely N-dealkylation sites (N-methyl/N-ethyl adjacent to an activating group) is 2. The van der Waals surface area contributed by atoms with Crippen molar-refractivity contribution in [1.82, 2.24) is 24.8 Å². The highest BCUT2D eigenvalue weighted by Gasteiger charge is 2.17. The standard InChI is InChI=1S/C26H30N8O2/c1-6-24(35)30-20-13-21(23(36-5)14-22(20)34(4)12-11-33(2)3)31-26-29-16-28-25(32-26)18-15-27-19-10-8-7-9-17(18)19/h6-10,13-16,27H,1,11-12H2,2-5H3,(H,30,35)(H,28,29,31,32). The van der Waals surface area contributed by atoms with Gasteiger partial charge in [0.2, 0.25) is 11.9 Å². The number of nitrogens with zero attached hydrogens (tertiary/aromatic N) is 5. The molecular formula is C26H30N8O2. The van der Waals surface area contributed by atoms with Crippen molar-refractivity contribution in [2.24, 2.45) is 0 Å². The number of fused-ring (bicyclic) bond motifs is 1. The molecule has 0 saturated carbocycles. The molecule has 10 nitrogen and oxygen atoms in total. The van der Waals surface area contributed by atoms with Gasteiger partial charge in [0.15, 0.2) is 5.82 Å². The molecule has 0 aliphatic heterocycles. The van der Waals surface area contributed by atoms with E-state index >= 15 is 0 Å². The molecule has 36 heavy (non-hydrogen) atoms. The fraction of sp³-hybridized carbons (Fsp3) is 0.231. The van der Waals surface area contributed by atoms with E-state index in [1.807, 2.05) is 57.7 Å². The number of ether oxygens (including phenoxy) is 1. The monoisotopic (exact) mass is 486 g/mol. The second kappa shape index (κ2) is 10.9. The van der Waals surface area contributed by atoms with Gasteiger partial charge in [-0.1, -0.05) is 24.8 Å². The number of aromatic amines is 1. The van der Waals surface area contributed by atoms with E-state index in [4.69, 9.17) is 4.74 Å². The smallest absolute Gasteiger partial charge is 0.247 e. The molecule has 0 aliphatic carbocycles. The molecule has 0 spiro atoms. The number of hydrogen-bond donors (Lipinski definition) is 3. The zero-order valence-corrected chi connectivity index (χ0v) is 20.9. The van der Waals surface area contributed by atoms with Crippen LogP contribution in [0.5, 0.6) is 5.75 Å². The first-order valence-electron chi connectivity index (χ1n) is 11.4. The zero-order valence-electron chi connectivity index (χ0n) is 20.9. The van der Waals surface area contributed by atoms with Gasteiger partial charge in [0, 0.05) is 48.9 Å². The number of nitrogens with one attached hydrogen (secondary N) is 3. The lowest BCUT2D eigenvalue weighted by molar-refractivity contribution is -0.111. The lowest BCUT2D eigenvalue weighted by atomic mass is 10.1. The number of carbonyl (C=O) groups excluding carboxylic acids is 1. The van der Waals surface area contributed by atoms with Crippen LogP contribution in [0.3, 0.4) is 0 Å². The van der Waals surface area contributed by atoms with E-state index in [2.05, 4.69) is 46.9 Å². The number of rotatable bonds is 10. The maximum atomic E-state index is 12.2. The lowest BCUT2D eigenvalue weighted by Crippen LogP contribution is -2.29. The van der Waals surface area contributed by atoms with Crippen LogP contribution in [-0.2, 0) is 4.79 Å². The summed E-state index contributed by atoms with van der Waals surface area (Å²) < 4.78 is 5.67. The van der Waals surface area contributed by atoms with Crippen molar-refractivity contribution in [1.29, 1.82) is 0 Å². The molecule has 186 valence electrons. The van der Waals surface area contributed by atoms with Gasteiger partial charge < -0.3 is 30.2 Å². The number of para-hydroxylation sites is 1. The van der Waals surface area contributed by atoms with Crippen LogP contribution >= 0.6 is 0 Å². The third-order valence-corrected chi connectivity index (χ3v) is 5.70. The molecule has 0 unspecified atom stereocenters. The molecule has 2 aromatic carbocycles. The van der Waals surface area contributed by atoms with E-state index in [0.29, 0.717) is 28.9 Å². The van der Waals surface area contributed by atoms with Gasteiger partial charge in [0.05, 0.1) is 24.2 Å². The Morgan fingerprint density at radius 3 is 2.69 bits per heavy atom. The van der Waals surface area contributed by atoms with Crippen LogP contribution in [0.15, 0.2) is 61.6 Å². The maximum absolute atomic E-state index is 12.2. The molecule has 0 radical (unpaired) electrons. The fourth-order valence-corrected chi connectivity index (χ4v) is 3.77. The molecule has 1 amide bonds. The van der Waals surface area contributed by atoms with Gasteiger partial charge >= 0.3 is 0 Å². The predicted octanol–water partition coefficient (Wildman–Crippen LogP) is 3.89. The molecule has 3 N–H and O–H groups in total. The number of hydrogen-bond acceptors (Lipinski definition) is 8. The molecule has 2 heterocycles. The number of H-pyrrole nitrogens is 1. The summed E-state index contributed by atoms with van der Waals surface area (Å²) in [5.74, 6) is 1.14. The van der Waals surface area contributed by atoms with Crippen LogP contribution in [0.25, 0.3) is 22.3 Å². The largest absolute Gasteiger partial charge is 0.494 e. The molecule has 0 aliphatic rings. The first-order valence-corrected chi connectivity index (χ1v) is 11.4. The minimum atomic E-state index is -0.310. The molecule has 0 fully saturated rings. The summed E-state index contributed by atoms with van der Waals surface area (Å²) in [6.07, 6.45) is 4.58. The fourth-order valence-electron chi connectivity index (χ4n) is 3.77. The molecule has 10 heteroatoms. The van der Waals surface area contributed by atoms with E-state index in [0.717, 1.165) is 35.2 Å². The zero-order chi connectivity index (χ0) is 25.7. The van der Waals surface area contributed by atoms with Crippen molar-refractivity contribution in [3.63, 3.8) is 0 Å². The number of anilines is 4. The SMILES string of the molecule is C=CC(=O)Nc1cc(Nc2ncnc(-c3c[nH]c4ccccc34)n2)c(OC)cc1N(C)CCN(C)C. The Bertz CT molecular complexity index is 1380. The van der Waals surface area contributed by atoms with Crippen LogP contribution in [0.1, 0.15) is 0 Å². The summed E-state index contributed by atoms with van der Waals surface area (Å²) >= 11 is 0. The number of carbonyl (C=O) groups is 1. The summed E-state index contributed by atoms with van der Waals surface area (Å²) in [5.41, 5.74) is 3.89. The lowest BCUT2D eigenvalue weighted by Gasteiger charge is -2.25. The molecule has 0 atom stereocenters. The van der Waals surface area contributed by atoms with Gasteiger partial charge in [-0.25, -0.2) is 9.97 Å². The van der Waals surface area contributed by atoms with Gasteiger partial charge in [-0.15, -0.1) is 0 Å². The average Bonchev–Trinajstić information content (AvgIpc) is 3.32. The van der Waals surface area contributed by atoms with Gasteiger partial charge in [0.1, 0.15) is 12.1 Å². The second-order valence-electron chi connectivity index (χ2n) is 8.49. The van der Waals surface area contributed by atoms with Gasteiger partial charge in [-0.05, 0) is 32.3 Å². The number of amides is 1. The quantitative estimate of drug-likeness (QED) is 0.290. The molecule has 2 aromatic heterocycles. The van der Waals surface area contributed by atoms with Crippen LogP contribution < -0.4 is 20.3 Å². The van der Waals surface area contributed by atoms with Crippen molar-refractivity contribution >= 4 is 39.8 Å². The first-order chi connectivity index (χ1) is 17.4. The third-order valence-electron chi connectivity index (χ3n) is 5.70. The highest BCUT2D eigenvalue weighted by Crippen LogP contribution is 2.38. The van der Waals surface area contributed by atoms with Crippen molar-refractivity contribution in [3.8, 4) is 17.1 Å². The Balaban J connectivity index is 1.69. The Morgan fingerprint density at radius 2 is 1.94 bits per heavy atom. The van der Waals surface area contributed by atoms with E-state index in [1.54, 1.807) is 13.2 Å². The molecule has 4 rings (SSSR count). The highest BCUT2D eigenvalue weighted by molar-refractivity contribution is 6.02. The third kappa shape index (κ3) is 5.44. The maximum Gasteiger partial charge on any atom is 0.247 e. The Morgan fingerprint density at radius 1 is 1.14 bits per heavy atom. The Hall–Kier alpha value is -4.44. The summed E-state index contributed by atoms with van der Waals surface area (Å²) in [5, 5.41) is 7.14. The Labute approximate surface area is 210 Å². The normalized spacial score (nSPS) is 10.9. The molecule has 0 saturated heterocycles. The minimum Gasteiger partial charge on any atom is -0.494 e. The molecule has 4 aromatic rings. The first kappa shape index (κ1) is 24.7. The molecule has 0 bridgehead atoms. The van der Waals surface area contributed by atoms with Crippen LogP contribution in [0.2, 0.25) is 0 Å². The second-order valence-corrected chi connectivity index (χ2v) is 8.49. The van der Waals surface area contributed by atoms with E-state index in [9.17, 15) is 4.79 Å². The van der Waals surface area contributed by atoms with Gasteiger partial charge in [-0.2, -0.15) is 4.98 Å². The highest BCUT2D eigenvalue weighted by atomic mass is 16.5. The van der Waals surface area contributed by atoms with Crippen LogP contribution in [0.4, 0.5) is 23.0 Å². The van der Waals surface area contributed by atoms with Gasteiger partial charge in [-0.3, -0.25) is 4.79 Å². The Kier molecular flexibility index (Phi) is 7.45. The topological polar surface area (TPSA) is 111 Å². The van der Waals surface area contributed by atoms with E-state index < -0.39 is 0 Å². The van der Waals surface area contributed by atoms with E-state index in [1.165, 1.54) is 12.4 Å². The van der Waals surface area contributed by atoms with Crippen molar-refractivity contribution in [2.45, 2.75) is 0 Å². The van der Waals surface area contributed by atoms with Crippen molar-refractivity contribution in [2.75, 3.05) is 56.9 Å². The average molecular weight is 487 g/mol. The predicted molar refractivity (Wildman–Crippen MR) is 144 cm³/mol. The number of benzene rings is 2. The summed E-state index contributed by atoms with van der Waals surface area (Å²) in [6, 6.07) is 11.6. The summed E-state index contributed by atoms with van der Waals surface area (Å²) in [6.45, 7) is 5.16. The van der Waals surface area contributed by atoms with Gasteiger partial charge in [0.25, 0.3) is 0 Å². The van der Waals surface area contributed by atoms with E-state index in [-0.39, 0.29) is 5.91 Å². The summed E-state index contributed by atoms with van der Waals surface area (Å²) in [7, 11) is 7.59. The van der Waals surface area contributed by atoms with Crippen LogP contribution in [0, 0.1) is 0 Å². The minimum absolute atomic E-state index is 0.310. The number of methoxy groups -OCH3 is 1. The molecular weight excluding hydrogens is 456 g/mol. The van der Waals surface area contributed by atoms with Crippen molar-refractivity contribution < 1.29 is 9.53 Å². The van der Waals surface area contributed by atoms with Crippen LogP contribution in [-0.4, -0.2) is 72.1 Å². The van der Waals surface area contributed by atoms with Crippen molar-refractivity contribution in [3.05, 3.63) is 61.6 Å². The summed E-state index contributed by atoms with van der Waals surface area (Å²) in [4.78, 5) is 32.9.